The molecular formula is C17H26ClN3O2. The Morgan fingerprint density at radius 1 is 1.22 bits per heavy atom. The van der Waals surface area contributed by atoms with E-state index in [-0.39, 0.29) is 24.2 Å². The molecular weight excluding hydrogens is 314 g/mol. The number of nitrogens with one attached hydrogen (secondary N) is 3. The molecule has 6 heteroatoms. The van der Waals surface area contributed by atoms with Crippen molar-refractivity contribution in [1.82, 2.24) is 5.32 Å². The van der Waals surface area contributed by atoms with Gasteiger partial charge in [0, 0.05) is 24.7 Å². The van der Waals surface area contributed by atoms with Crippen LogP contribution in [0.1, 0.15) is 33.1 Å². The summed E-state index contributed by atoms with van der Waals surface area (Å²) in [5.41, 5.74) is 1.49. The van der Waals surface area contributed by atoms with Crippen molar-refractivity contribution < 1.29 is 9.59 Å². The fraction of sp³-hybridized carbons (Fsp3) is 0.529. The number of benzene rings is 1. The minimum atomic E-state index is -0.105. The van der Waals surface area contributed by atoms with Gasteiger partial charge in [0.05, 0.1) is 0 Å². The van der Waals surface area contributed by atoms with E-state index in [1.165, 1.54) is 19.8 Å². The molecule has 0 spiro atoms. The lowest BCUT2D eigenvalue weighted by atomic mass is 9.85. The van der Waals surface area contributed by atoms with Gasteiger partial charge in [0.15, 0.2) is 0 Å². The number of halogens is 1. The Morgan fingerprint density at radius 3 is 2.35 bits per heavy atom. The van der Waals surface area contributed by atoms with Gasteiger partial charge in [-0.25, -0.2) is 0 Å². The van der Waals surface area contributed by atoms with Crippen LogP contribution in [0.25, 0.3) is 0 Å². The second-order valence-corrected chi connectivity index (χ2v) is 6.09. The van der Waals surface area contributed by atoms with Gasteiger partial charge in [-0.05, 0) is 62.0 Å². The van der Waals surface area contributed by atoms with Gasteiger partial charge < -0.3 is 16.0 Å². The molecule has 1 fully saturated rings. The van der Waals surface area contributed by atoms with Crippen molar-refractivity contribution in [3.8, 4) is 0 Å². The molecule has 128 valence electrons. The summed E-state index contributed by atoms with van der Waals surface area (Å²) in [6.45, 7) is 5.73. The number of anilines is 2. The van der Waals surface area contributed by atoms with E-state index in [1.807, 2.05) is 0 Å². The highest BCUT2D eigenvalue weighted by molar-refractivity contribution is 5.92. The largest absolute Gasteiger partial charge is 0.326 e. The Bertz CT molecular complexity index is 513. The second kappa shape index (κ2) is 9.53. The highest BCUT2D eigenvalue weighted by atomic mass is 35.5. The van der Waals surface area contributed by atoms with E-state index < -0.39 is 0 Å². The molecule has 1 saturated heterocycles. The lowest BCUT2D eigenvalue weighted by molar-refractivity contribution is -0.117. The molecule has 3 N–H and O–H groups in total. The number of hydrogen-bond acceptors (Lipinski definition) is 3. The lowest BCUT2D eigenvalue weighted by Gasteiger charge is -2.28. The summed E-state index contributed by atoms with van der Waals surface area (Å²) < 4.78 is 0. The van der Waals surface area contributed by atoms with Crippen LogP contribution in [0.3, 0.4) is 0 Å². The zero-order chi connectivity index (χ0) is 15.9. The van der Waals surface area contributed by atoms with Gasteiger partial charge in [-0.15, -0.1) is 12.4 Å². The number of hydrogen-bond donors (Lipinski definition) is 3. The Hall–Kier alpha value is -1.59. The van der Waals surface area contributed by atoms with E-state index >= 15 is 0 Å². The highest BCUT2D eigenvalue weighted by Crippen LogP contribution is 2.23. The van der Waals surface area contributed by atoms with Crippen LogP contribution >= 0.6 is 12.4 Å². The molecule has 0 radical (unpaired) electrons. The minimum Gasteiger partial charge on any atom is -0.326 e. The van der Waals surface area contributed by atoms with E-state index in [2.05, 4.69) is 22.9 Å². The standard InChI is InChI=1S/C17H25N3O2.ClH/c1-12(14-4-3-9-18-11-14)10-17(22)20-16-7-5-15(6-8-16)19-13(2)21;/h5-8,12,14,18H,3-4,9-11H2,1-2H3,(H,19,21)(H,20,22);1H. The number of amides is 2. The summed E-state index contributed by atoms with van der Waals surface area (Å²) in [7, 11) is 0. The summed E-state index contributed by atoms with van der Waals surface area (Å²) >= 11 is 0. The number of carbonyl (C=O) groups excluding carboxylic acids is 2. The Kier molecular flexibility index (Phi) is 8.06. The van der Waals surface area contributed by atoms with Gasteiger partial charge in [-0.1, -0.05) is 6.92 Å². The maximum absolute atomic E-state index is 12.1. The smallest absolute Gasteiger partial charge is 0.224 e. The van der Waals surface area contributed by atoms with Gasteiger partial charge in [-0.3, -0.25) is 9.59 Å². The van der Waals surface area contributed by atoms with Gasteiger partial charge in [-0.2, -0.15) is 0 Å². The van der Waals surface area contributed by atoms with E-state index in [0.29, 0.717) is 18.3 Å². The first-order valence-electron chi connectivity index (χ1n) is 7.93. The summed E-state index contributed by atoms with van der Waals surface area (Å²) in [6, 6.07) is 7.17. The zero-order valence-corrected chi connectivity index (χ0v) is 14.5. The van der Waals surface area contributed by atoms with Crippen molar-refractivity contribution in [3.63, 3.8) is 0 Å². The maximum Gasteiger partial charge on any atom is 0.224 e. The number of rotatable bonds is 5. The molecule has 1 heterocycles. The molecule has 1 aromatic rings. The first kappa shape index (κ1) is 19.5. The fourth-order valence-corrected chi connectivity index (χ4v) is 2.88. The third-order valence-corrected chi connectivity index (χ3v) is 4.14. The van der Waals surface area contributed by atoms with E-state index in [4.69, 9.17) is 0 Å². The van der Waals surface area contributed by atoms with Crippen molar-refractivity contribution in [1.29, 1.82) is 0 Å². The average molecular weight is 340 g/mol. The molecule has 2 amide bonds. The predicted molar refractivity (Wildman–Crippen MR) is 96.0 cm³/mol. The second-order valence-electron chi connectivity index (χ2n) is 6.09. The normalized spacial score (nSPS) is 18.4. The van der Waals surface area contributed by atoms with Crippen LogP contribution in [0.15, 0.2) is 24.3 Å². The van der Waals surface area contributed by atoms with Crippen LogP contribution in [-0.4, -0.2) is 24.9 Å². The van der Waals surface area contributed by atoms with Crippen molar-refractivity contribution in [2.45, 2.75) is 33.1 Å². The number of carbonyl (C=O) groups is 2. The molecule has 2 atom stereocenters. The van der Waals surface area contributed by atoms with Crippen molar-refractivity contribution >= 4 is 35.6 Å². The third-order valence-electron chi connectivity index (χ3n) is 4.14. The quantitative estimate of drug-likeness (QED) is 0.772. The zero-order valence-electron chi connectivity index (χ0n) is 13.7. The fourth-order valence-electron chi connectivity index (χ4n) is 2.88. The van der Waals surface area contributed by atoms with E-state index in [9.17, 15) is 9.59 Å². The van der Waals surface area contributed by atoms with Crippen molar-refractivity contribution in [2.75, 3.05) is 23.7 Å². The average Bonchev–Trinajstić information content (AvgIpc) is 2.49. The number of piperidine rings is 1. The summed E-state index contributed by atoms with van der Waals surface area (Å²) in [5.74, 6) is 0.908. The molecule has 1 aliphatic rings. The van der Waals surface area contributed by atoms with E-state index in [0.717, 1.165) is 24.5 Å². The molecule has 1 aromatic carbocycles. The molecule has 23 heavy (non-hydrogen) atoms. The SMILES string of the molecule is CC(=O)Nc1ccc(NC(=O)CC(C)C2CCCNC2)cc1.Cl. The minimum absolute atomic E-state index is 0. The molecule has 5 nitrogen and oxygen atoms in total. The van der Waals surface area contributed by atoms with Crippen LogP contribution in [0, 0.1) is 11.8 Å². The van der Waals surface area contributed by atoms with Gasteiger partial charge in [0.1, 0.15) is 0 Å². The van der Waals surface area contributed by atoms with Gasteiger partial charge in [0.25, 0.3) is 0 Å². The first-order chi connectivity index (χ1) is 10.5. The third kappa shape index (κ3) is 6.59. The molecule has 2 unspecified atom stereocenters. The summed E-state index contributed by atoms with van der Waals surface area (Å²) in [5, 5.41) is 9.02. The van der Waals surface area contributed by atoms with Crippen LogP contribution in [-0.2, 0) is 9.59 Å². The molecule has 0 bridgehead atoms. The Labute approximate surface area is 144 Å². The monoisotopic (exact) mass is 339 g/mol. The Balaban J connectivity index is 0.00000264. The van der Waals surface area contributed by atoms with Gasteiger partial charge in [0.2, 0.25) is 11.8 Å². The van der Waals surface area contributed by atoms with Gasteiger partial charge >= 0.3 is 0 Å². The topological polar surface area (TPSA) is 70.2 Å². The molecule has 1 aliphatic heterocycles. The maximum atomic E-state index is 12.1. The highest BCUT2D eigenvalue weighted by Gasteiger charge is 2.21. The van der Waals surface area contributed by atoms with Crippen LogP contribution in [0.4, 0.5) is 11.4 Å². The summed E-state index contributed by atoms with van der Waals surface area (Å²) in [6.07, 6.45) is 2.94. The van der Waals surface area contributed by atoms with Crippen molar-refractivity contribution in [2.24, 2.45) is 11.8 Å². The predicted octanol–water partition coefficient (Wildman–Crippen LogP) is 3.03. The molecule has 2 rings (SSSR count). The Morgan fingerprint density at radius 2 is 1.83 bits per heavy atom. The summed E-state index contributed by atoms with van der Waals surface area (Å²) in [4.78, 5) is 23.1. The molecule has 0 aromatic heterocycles. The van der Waals surface area contributed by atoms with Crippen molar-refractivity contribution in [3.05, 3.63) is 24.3 Å². The lowest BCUT2D eigenvalue weighted by Crippen LogP contribution is -2.34. The van der Waals surface area contributed by atoms with Crippen LogP contribution in [0.2, 0.25) is 0 Å². The van der Waals surface area contributed by atoms with Crippen LogP contribution < -0.4 is 16.0 Å². The van der Waals surface area contributed by atoms with Crippen LogP contribution in [0.5, 0.6) is 0 Å². The first-order valence-corrected chi connectivity index (χ1v) is 7.93. The molecule has 0 saturated carbocycles. The van der Waals surface area contributed by atoms with E-state index in [1.54, 1.807) is 24.3 Å². The molecule has 0 aliphatic carbocycles.